The van der Waals surface area contributed by atoms with Gasteiger partial charge in [0.25, 0.3) is 0 Å². The number of methoxy groups -OCH3 is 1. The molecule has 0 aliphatic heterocycles. The van der Waals surface area contributed by atoms with E-state index in [-0.39, 0.29) is 18.2 Å². The summed E-state index contributed by atoms with van der Waals surface area (Å²) >= 11 is 0. The largest absolute Gasteiger partial charge is 0.496 e. The van der Waals surface area contributed by atoms with Crippen molar-refractivity contribution >= 4 is 12.0 Å². The number of rotatable bonds is 7. The number of ether oxygens (including phenoxy) is 2. The minimum atomic E-state index is -2.91. The molecule has 1 amide bonds. The number of carbonyl (C=O) groups is 1. The number of hydrogen-bond donors (Lipinski definition) is 1. The van der Waals surface area contributed by atoms with Gasteiger partial charge in [0, 0.05) is 23.7 Å². The van der Waals surface area contributed by atoms with Crippen molar-refractivity contribution in [3.63, 3.8) is 0 Å². The van der Waals surface area contributed by atoms with Crippen LogP contribution in [0.1, 0.15) is 11.1 Å². The zero-order chi connectivity index (χ0) is 17.4. The number of nitrogens with one attached hydrogen (secondary N) is 1. The number of alkyl halides is 2. The molecule has 0 saturated heterocycles. The first-order valence-electron chi connectivity index (χ1n) is 7.22. The van der Waals surface area contributed by atoms with Crippen LogP contribution in [0.5, 0.6) is 11.5 Å². The van der Waals surface area contributed by atoms with Crippen molar-refractivity contribution in [2.45, 2.75) is 13.2 Å². The zero-order valence-corrected chi connectivity index (χ0v) is 13.0. The molecule has 6 heteroatoms. The average Bonchev–Trinajstić information content (AvgIpc) is 2.59. The smallest absolute Gasteiger partial charge is 0.387 e. The fourth-order valence-electron chi connectivity index (χ4n) is 2.07. The molecule has 0 saturated carbocycles. The Morgan fingerprint density at radius 1 is 1.12 bits per heavy atom. The molecule has 0 fully saturated rings. The minimum Gasteiger partial charge on any atom is -0.496 e. The van der Waals surface area contributed by atoms with E-state index in [0.29, 0.717) is 11.3 Å². The lowest BCUT2D eigenvalue weighted by molar-refractivity contribution is -0.116. The van der Waals surface area contributed by atoms with Gasteiger partial charge in [-0.2, -0.15) is 8.78 Å². The van der Waals surface area contributed by atoms with Crippen molar-refractivity contribution in [1.82, 2.24) is 5.32 Å². The molecular weight excluding hydrogens is 316 g/mol. The van der Waals surface area contributed by atoms with Crippen LogP contribution in [0.4, 0.5) is 8.78 Å². The molecule has 2 aromatic carbocycles. The summed E-state index contributed by atoms with van der Waals surface area (Å²) < 4.78 is 34.3. The standard InChI is InChI=1S/C18H17F2NO3/c1-23-15-8-4-2-6-13(15)10-11-17(22)21-12-14-7-3-5-9-16(14)24-18(19)20/h2-11,18H,12H2,1H3,(H,21,22)/b11-10+. The third-order valence-corrected chi connectivity index (χ3v) is 3.19. The summed E-state index contributed by atoms with van der Waals surface area (Å²) in [5, 5.41) is 2.63. The van der Waals surface area contributed by atoms with Gasteiger partial charge >= 0.3 is 6.61 Å². The predicted octanol–water partition coefficient (Wildman–Crippen LogP) is 3.63. The first-order valence-corrected chi connectivity index (χ1v) is 7.22. The number of benzene rings is 2. The Morgan fingerprint density at radius 2 is 1.79 bits per heavy atom. The Morgan fingerprint density at radius 3 is 2.50 bits per heavy atom. The van der Waals surface area contributed by atoms with E-state index in [1.54, 1.807) is 37.5 Å². The lowest BCUT2D eigenvalue weighted by Crippen LogP contribution is -2.21. The Bertz CT molecular complexity index is 717. The van der Waals surface area contributed by atoms with Gasteiger partial charge < -0.3 is 14.8 Å². The quantitative estimate of drug-likeness (QED) is 0.787. The third-order valence-electron chi connectivity index (χ3n) is 3.19. The topological polar surface area (TPSA) is 47.6 Å². The van der Waals surface area contributed by atoms with E-state index < -0.39 is 6.61 Å². The Balaban J connectivity index is 1.97. The summed E-state index contributed by atoms with van der Waals surface area (Å²) in [6.45, 7) is -2.83. The van der Waals surface area contributed by atoms with Crippen LogP contribution < -0.4 is 14.8 Å². The molecule has 0 aromatic heterocycles. The van der Waals surface area contributed by atoms with Crippen molar-refractivity contribution in [2.24, 2.45) is 0 Å². The molecule has 1 N–H and O–H groups in total. The number of amides is 1. The lowest BCUT2D eigenvalue weighted by atomic mass is 10.2. The molecule has 4 nitrogen and oxygen atoms in total. The van der Waals surface area contributed by atoms with E-state index in [0.717, 1.165) is 5.56 Å². The summed E-state index contributed by atoms with van der Waals surface area (Å²) in [7, 11) is 1.55. The summed E-state index contributed by atoms with van der Waals surface area (Å²) in [4.78, 5) is 11.9. The predicted molar refractivity (Wildman–Crippen MR) is 86.9 cm³/mol. The summed E-state index contributed by atoms with van der Waals surface area (Å²) in [5.41, 5.74) is 1.23. The molecule has 0 aliphatic carbocycles. The van der Waals surface area contributed by atoms with Gasteiger partial charge in [-0.15, -0.1) is 0 Å². The highest BCUT2D eigenvalue weighted by molar-refractivity contribution is 5.92. The van der Waals surface area contributed by atoms with Gasteiger partial charge in [0.15, 0.2) is 0 Å². The van der Waals surface area contributed by atoms with Crippen LogP contribution in [0.3, 0.4) is 0 Å². The minimum absolute atomic E-state index is 0.0431. The van der Waals surface area contributed by atoms with Crippen LogP contribution in [0, 0.1) is 0 Å². The number of hydrogen-bond acceptors (Lipinski definition) is 3. The van der Waals surface area contributed by atoms with E-state index in [4.69, 9.17) is 4.74 Å². The van der Waals surface area contributed by atoms with Gasteiger partial charge in [-0.05, 0) is 18.2 Å². The van der Waals surface area contributed by atoms with Gasteiger partial charge in [-0.3, -0.25) is 4.79 Å². The number of para-hydroxylation sites is 2. The van der Waals surface area contributed by atoms with Crippen LogP contribution in [0.2, 0.25) is 0 Å². The van der Waals surface area contributed by atoms with Gasteiger partial charge in [0.05, 0.1) is 7.11 Å². The lowest BCUT2D eigenvalue weighted by Gasteiger charge is -2.10. The fourth-order valence-corrected chi connectivity index (χ4v) is 2.07. The molecule has 0 radical (unpaired) electrons. The number of halogens is 2. The molecule has 0 atom stereocenters. The van der Waals surface area contributed by atoms with Crippen molar-refractivity contribution in [3.05, 3.63) is 65.7 Å². The Labute approximate surface area is 138 Å². The fraction of sp³-hybridized carbons (Fsp3) is 0.167. The van der Waals surface area contributed by atoms with Crippen LogP contribution in [0.15, 0.2) is 54.6 Å². The molecular formula is C18H17F2NO3. The molecule has 0 heterocycles. The van der Waals surface area contributed by atoms with Crippen LogP contribution in [0.25, 0.3) is 6.08 Å². The van der Waals surface area contributed by atoms with Crippen molar-refractivity contribution < 1.29 is 23.0 Å². The second kappa shape index (κ2) is 8.67. The van der Waals surface area contributed by atoms with E-state index in [9.17, 15) is 13.6 Å². The van der Waals surface area contributed by atoms with Crippen molar-refractivity contribution in [3.8, 4) is 11.5 Å². The van der Waals surface area contributed by atoms with Gasteiger partial charge in [-0.25, -0.2) is 0 Å². The molecule has 0 unspecified atom stereocenters. The highest BCUT2D eigenvalue weighted by Gasteiger charge is 2.09. The summed E-state index contributed by atoms with van der Waals surface area (Å²) in [5.74, 6) is 0.339. The molecule has 24 heavy (non-hydrogen) atoms. The maximum atomic E-state index is 12.3. The highest BCUT2D eigenvalue weighted by Crippen LogP contribution is 2.20. The number of carbonyl (C=O) groups excluding carboxylic acids is 1. The van der Waals surface area contributed by atoms with Gasteiger partial charge in [0.2, 0.25) is 5.91 Å². The van der Waals surface area contributed by atoms with E-state index in [1.165, 1.54) is 12.1 Å². The molecule has 0 bridgehead atoms. The Kier molecular flexibility index (Phi) is 6.31. The maximum Gasteiger partial charge on any atom is 0.387 e. The van der Waals surface area contributed by atoms with E-state index in [1.807, 2.05) is 18.2 Å². The van der Waals surface area contributed by atoms with Crippen molar-refractivity contribution in [2.75, 3.05) is 7.11 Å². The van der Waals surface area contributed by atoms with Crippen LogP contribution in [-0.2, 0) is 11.3 Å². The summed E-state index contributed by atoms with van der Waals surface area (Å²) in [6, 6.07) is 13.6. The van der Waals surface area contributed by atoms with E-state index in [2.05, 4.69) is 10.1 Å². The van der Waals surface area contributed by atoms with Gasteiger partial charge in [0.1, 0.15) is 11.5 Å². The molecule has 126 valence electrons. The first kappa shape index (κ1) is 17.5. The Hall–Kier alpha value is -2.89. The molecule has 0 spiro atoms. The van der Waals surface area contributed by atoms with Gasteiger partial charge in [-0.1, -0.05) is 36.4 Å². The first-order chi connectivity index (χ1) is 11.6. The molecule has 2 aromatic rings. The second-order valence-corrected chi connectivity index (χ2v) is 4.78. The summed E-state index contributed by atoms with van der Waals surface area (Å²) in [6.07, 6.45) is 2.98. The zero-order valence-electron chi connectivity index (χ0n) is 13.0. The van der Waals surface area contributed by atoms with Crippen molar-refractivity contribution in [1.29, 1.82) is 0 Å². The second-order valence-electron chi connectivity index (χ2n) is 4.78. The van der Waals surface area contributed by atoms with E-state index >= 15 is 0 Å². The maximum absolute atomic E-state index is 12.3. The normalized spacial score (nSPS) is 10.8. The molecule has 0 aliphatic rings. The highest BCUT2D eigenvalue weighted by atomic mass is 19.3. The molecule has 2 rings (SSSR count). The SMILES string of the molecule is COc1ccccc1/C=C/C(=O)NCc1ccccc1OC(F)F. The van der Waals surface area contributed by atoms with Crippen LogP contribution in [-0.4, -0.2) is 19.6 Å². The average molecular weight is 333 g/mol. The van der Waals surface area contributed by atoms with Crippen LogP contribution >= 0.6 is 0 Å². The monoisotopic (exact) mass is 333 g/mol. The third kappa shape index (κ3) is 5.08.